The highest BCUT2D eigenvalue weighted by molar-refractivity contribution is 5.84. The summed E-state index contributed by atoms with van der Waals surface area (Å²) in [6, 6.07) is -0.330. The lowest BCUT2D eigenvalue weighted by Gasteiger charge is -2.16. The normalized spacial score (nSPS) is 11.8. The van der Waals surface area contributed by atoms with Crippen LogP contribution in [0.4, 0.5) is 11.6 Å². The van der Waals surface area contributed by atoms with E-state index in [-0.39, 0.29) is 11.9 Å². The van der Waals surface area contributed by atoms with E-state index in [4.69, 9.17) is 0 Å². The fraction of sp³-hybridized carbons (Fsp3) is 0.545. The van der Waals surface area contributed by atoms with Crippen molar-refractivity contribution in [3.8, 4) is 0 Å². The molecule has 6 nitrogen and oxygen atoms in total. The van der Waals surface area contributed by atoms with Crippen molar-refractivity contribution in [3.05, 3.63) is 11.9 Å². The van der Waals surface area contributed by atoms with Crippen molar-refractivity contribution < 1.29 is 4.79 Å². The van der Waals surface area contributed by atoms with Crippen molar-refractivity contribution in [2.75, 3.05) is 24.2 Å². The summed E-state index contributed by atoms with van der Waals surface area (Å²) in [5.41, 5.74) is 0.908. The van der Waals surface area contributed by atoms with Crippen LogP contribution in [-0.2, 0) is 4.79 Å². The largest absolute Gasteiger partial charge is 0.370 e. The maximum Gasteiger partial charge on any atom is 0.241 e. The zero-order chi connectivity index (χ0) is 12.8. The van der Waals surface area contributed by atoms with Gasteiger partial charge in [0.15, 0.2) is 0 Å². The van der Waals surface area contributed by atoms with Crippen LogP contribution in [0.25, 0.3) is 0 Å². The minimum absolute atomic E-state index is 0.0759. The highest BCUT2D eigenvalue weighted by Gasteiger charge is 2.13. The Hall–Kier alpha value is -1.85. The van der Waals surface area contributed by atoms with Gasteiger partial charge in [0.1, 0.15) is 24.0 Å². The predicted molar refractivity (Wildman–Crippen MR) is 68.1 cm³/mol. The first kappa shape index (κ1) is 13.2. The molecular weight excluding hydrogens is 218 g/mol. The Bertz CT molecular complexity index is 393. The Kier molecular flexibility index (Phi) is 4.68. The van der Waals surface area contributed by atoms with Gasteiger partial charge in [0, 0.05) is 19.2 Å². The maximum absolute atomic E-state index is 11.4. The van der Waals surface area contributed by atoms with Crippen molar-refractivity contribution in [2.24, 2.45) is 0 Å². The maximum atomic E-state index is 11.4. The van der Waals surface area contributed by atoms with E-state index in [0.717, 1.165) is 17.9 Å². The summed E-state index contributed by atoms with van der Waals surface area (Å²) in [6.45, 7) is 6.49. The van der Waals surface area contributed by atoms with E-state index in [0.29, 0.717) is 5.82 Å². The Morgan fingerprint density at radius 1 is 1.41 bits per heavy atom. The number of amides is 1. The number of carbonyl (C=O) groups is 1. The highest BCUT2D eigenvalue weighted by atomic mass is 16.2. The third-order valence-electron chi connectivity index (χ3n) is 2.42. The number of likely N-dealkylation sites (N-methyl/N-ethyl adjacent to an activating group) is 1. The molecule has 1 aromatic heterocycles. The molecule has 0 radical (unpaired) electrons. The summed E-state index contributed by atoms with van der Waals surface area (Å²) in [4.78, 5) is 19.7. The lowest BCUT2D eigenvalue weighted by Crippen LogP contribution is -2.35. The van der Waals surface area contributed by atoms with Gasteiger partial charge in [-0.05, 0) is 20.8 Å². The van der Waals surface area contributed by atoms with Crippen LogP contribution < -0.4 is 16.0 Å². The zero-order valence-electron chi connectivity index (χ0n) is 10.7. The van der Waals surface area contributed by atoms with Gasteiger partial charge in [-0.2, -0.15) is 0 Å². The minimum Gasteiger partial charge on any atom is -0.370 e. The van der Waals surface area contributed by atoms with E-state index < -0.39 is 0 Å². The standard InChI is InChI=1S/C11H19N5O/c1-5-13-9-7(2)10(15-6-14-9)16-8(3)11(17)12-4/h6,8H,5H2,1-4H3,(H,12,17)(H2,13,14,15,16). The van der Waals surface area contributed by atoms with Gasteiger partial charge >= 0.3 is 0 Å². The molecule has 1 heterocycles. The lowest BCUT2D eigenvalue weighted by molar-refractivity contribution is -0.121. The SMILES string of the molecule is CCNc1ncnc(NC(C)C(=O)NC)c1C. The molecule has 17 heavy (non-hydrogen) atoms. The molecule has 0 aliphatic heterocycles. The number of carbonyl (C=O) groups excluding carboxylic acids is 1. The molecule has 1 atom stereocenters. The van der Waals surface area contributed by atoms with E-state index in [1.165, 1.54) is 6.33 Å². The third kappa shape index (κ3) is 3.30. The Balaban J connectivity index is 2.84. The van der Waals surface area contributed by atoms with Crippen molar-refractivity contribution in [1.29, 1.82) is 0 Å². The molecule has 0 aromatic carbocycles. The van der Waals surface area contributed by atoms with E-state index in [9.17, 15) is 4.79 Å². The second-order valence-corrected chi connectivity index (χ2v) is 3.71. The van der Waals surface area contributed by atoms with Gasteiger partial charge in [0.05, 0.1) is 0 Å². The molecule has 94 valence electrons. The van der Waals surface area contributed by atoms with Crippen LogP contribution in [0.5, 0.6) is 0 Å². The van der Waals surface area contributed by atoms with E-state index in [2.05, 4.69) is 25.9 Å². The van der Waals surface area contributed by atoms with Crippen LogP contribution in [0.2, 0.25) is 0 Å². The molecule has 1 aromatic rings. The number of nitrogens with one attached hydrogen (secondary N) is 3. The fourth-order valence-corrected chi connectivity index (χ4v) is 1.43. The van der Waals surface area contributed by atoms with Gasteiger partial charge in [-0.3, -0.25) is 4.79 Å². The number of aromatic nitrogens is 2. The minimum atomic E-state index is -0.330. The highest BCUT2D eigenvalue weighted by Crippen LogP contribution is 2.18. The number of rotatable bonds is 5. The first-order valence-electron chi connectivity index (χ1n) is 5.63. The van der Waals surface area contributed by atoms with Crippen LogP contribution >= 0.6 is 0 Å². The molecule has 0 fully saturated rings. The first-order chi connectivity index (χ1) is 8.10. The van der Waals surface area contributed by atoms with Crippen molar-refractivity contribution in [2.45, 2.75) is 26.8 Å². The Labute approximate surface area is 101 Å². The zero-order valence-corrected chi connectivity index (χ0v) is 10.7. The molecule has 3 N–H and O–H groups in total. The topological polar surface area (TPSA) is 78.9 Å². The lowest BCUT2D eigenvalue weighted by atomic mass is 10.2. The molecule has 1 amide bonds. The summed E-state index contributed by atoms with van der Waals surface area (Å²) in [5.74, 6) is 1.38. The summed E-state index contributed by atoms with van der Waals surface area (Å²) < 4.78 is 0. The Morgan fingerprint density at radius 2 is 2.06 bits per heavy atom. The van der Waals surface area contributed by atoms with Gasteiger partial charge in [-0.1, -0.05) is 0 Å². The molecule has 0 aliphatic rings. The van der Waals surface area contributed by atoms with Crippen molar-refractivity contribution in [3.63, 3.8) is 0 Å². The van der Waals surface area contributed by atoms with E-state index >= 15 is 0 Å². The fourth-order valence-electron chi connectivity index (χ4n) is 1.43. The van der Waals surface area contributed by atoms with Crippen LogP contribution in [0.3, 0.4) is 0 Å². The molecule has 6 heteroatoms. The summed E-state index contributed by atoms with van der Waals surface area (Å²) >= 11 is 0. The molecule has 0 saturated heterocycles. The number of nitrogens with zero attached hydrogens (tertiary/aromatic N) is 2. The Morgan fingerprint density at radius 3 is 2.65 bits per heavy atom. The average Bonchev–Trinajstić information content (AvgIpc) is 2.33. The first-order valence-corrected chi connectivity index (χ1v) is 5.63. The van der Waals surface area contributed by atoms with Gasteiger partial charge in [0.2, 0.25) is 5.91 Å². The van der Waals surface area contributed by atoms with E-state index in [1.807, 2.05) is 13.8 Å². The number of anilines is 2. The molecule has 1 rings (SSSR count). The third-order valence-corrected chi connectivity index (χ3v) is 2.42. The summed E-state index contributed by atoms with van der Waals surface area (Å²) in [7, 11) is 1.61. The van der Waals surface area contributed by atoms with Crippen LogP contribution in [0.1, 0.15) is 19.4 Å². The molecule has 0 saturated carbocycles. The van der Waals surface area contributed by atoms with Crippen LogP contribution in [0, 0.1) is 6.92 Å². The predicted octanol–water partition coefficient (Wildman–Crippen LogP) is 0.763. The molecular formula is C11H19N5O. The molecule has 1 unspecified atom stereocenters. The van der Waals surface area contributed by atoms with Gasteiger partial charge in [0.25, 0.3) is 0 Å². The van der Waals surface area contributed by atoms with Crippen molar-refractivity contribution in [1.82, 2.24) is 15.3 Å². The monoisotopic (exact) mass is 237 g/mol. The van der Waals surface area contributed by atoms with Crippen molar-refractivity contribution >= 4 is 17.5 Å². The quantitative estimate of drug-likeness (QED) is 0.704. The summed E-state index contributed by atoms with van der Waals surface area (Å²) in [5, 5.41) is 8.78. The van der Waals surface area contributed by atoms with Gasteiger partial charge in [-0.25, -0.2) is 9.97 Å². The average molecular weight is 237 g/mol. The smallest absolute Gasteiger partial charge is 0.241 e. The summed E-state index contributed by atoms with van der Waals surface area (Å²) in [6.07, 6.45) is 1.48. The van der Waals surface area contributed by atoms with Crippen LogP contribution in [-0.4, -0.2) is 35.5 Å². The second-order valence-electron chi connectivity index (χ2n) is 3.71. The second kappa shape index (κ2) is 6.03. The van der Waals surface area contributed by atoms with Gasteiger partial charge < -0.3 is 16.0 Å². The number of hydrogen-bond donors (Lipinski definition) is 3. The van der Waals surface area contributed by atoms with E-state index in [1.54, 1.807) is 14.0 Å². The molecule has 0 bridgehead atoms. The number of hydrogen-bond acceptors (Lipinski definition) is 5. The molecule has 0 aliphatic carbocycles. The van der Waals surface area contributed by atoms with Gasteiger partial charge in [-0.15, -0.1) is 0 Å². The van der Waals surface area contributed by atoms with Crippen LogP contribution in [0.15, 0.2) is 6.33 Å². The molecule has 0 spiro atoms.